The van der Waals surface area contributed by atoms with E-state index in [1.807, 2.05) is 0 Å². The van der Waals surface area contributed by atoms with Crippen molar-refractivity contribution in [2.75, 3.05) is 19.8 Å². The smallest absolute Gasteiger partial charge is 0.0834 e. The summed E-state index contributed by atoms with van der Waals surface area (Å²) in [6.07, 6.45) is 9.93. The lowest BCUT2D eigenvalue weighted by molar-refractivity contribution is -0.111. The molecule has 0 spiro atoms. The standard InChI is InChI=1S/C16H28O4/c1-12-3-2-4-13(19-12)9-14-5-6-15(20-14)10-16-11-17-7-8-18-16/h12-16H,2-11H2,1H3/t12-,13?,14+,15?,16?/m0/s1. The van der Waals surface area contributed by atoms with Gasteiger partial charge in [-0.15, -0.1) is 0 Å². The Morgan fingerprint density at radius 1 is 0.800 bits per heavy atom. The number of hydrogen-bond acceptors (Lipinski definition) is 4. The third kappa shape index (κ3) is 4.17. The second-order valence-corrected chi connectivity index (χ2v) is 6.50. The topological polar surface area (TPSA) is 36.9 Å². The molecule has 0 saturated carbocycles. The van der Waals surface area contributed by atoms with Gasteiger partial charge in [-0.2, -0.15) is 0 Å². The van der Waals surface area contributed by atoms with E-state index in [0.29, 0.717) is 24.4 Å². The molecule has 4 heteroatoms. The number of rotatable bonds is 4. The van der Waals surface area contributed by atoms with Gasteiger partial charge in [0.15, 0.2) is 0 Å². The van der Waals surface area contributed by atoms with Gasteiger partial charge in [-0.1, -0.05) is 0 Å². The molecule has 0 N–H and O–H groups in total. The van der Waals surface area contributed by atoms with Crippen molar-refractivity contribution in [2.24, 2.45) is 0 Å². The lowest BCUT2D eigenvalue weighted by atomic mass is 9.99. The fraction of sp³-hybridized carbons (Fsp3) is 1.00. The van der Waals surface area contributed by atoms with Crippen molar-refractivity contribution in [3.8, 4) is 0 Å². The van der Waals surface area contributed by atoms with Crippen LogP contribution in [0.3, 0.4) is 0 Å². The van der Waals surface area contributed by atoms with Crippen LogP contribution in [0.5, 0.6) is 0 Å². The number of ether oxygens (including phenoxy) is 4. The SMILES string of the molecule is C[C@H]1CCCC(C[C@H]2CCC(CC3COCCO3)O2)O1. The molecule has 3 rings (SSSR count). The summed E-state index contributed by atoms with van der Waals surface area (Å²) in [6, 6.07) is 0. The minimum absolute atomic E-state index is 0.235. The average Bonchev–Trinajstić information content (AvgIpc) is 2.87. The van der Waals surface area contributed by atoms with Crippen LogP contribution in [0.25, 0.3) is 0 Å². The second-order valence-electron chi connectivity index (χ2n) is 6.50. The van der Waals surface area contributed by atoms with Crippen LogP contribution in [-0.4, -0.2) is 50.3 Å². The molecule has 0 aliphatic carbocycles. The van der Waals surface area contributed by atoms with E-state index >= 15 is 0 Å². The van der Waals surface area contributed by atoms with Gasteiger partial charge in [-0.3, -0.25) is 0 Å². The highest BCUT2D eigenvalue weighted by Gasteiger charge is 2.31. The molecule has 0 aromatic rings. The highest BCUT2D eigenvalue weighted by Crippen LogP contribution is 2.30. The zero-order valence-corrected chi connectivity index (χ0v) is 12.6. The van der Waals surface area contributed by atoms with Crippen LogP contribution in [-0.2, 0) is 18.9 Å². The van der Waals surface area contributed by atoms with Crippen LogP contribution in [0.15, 0.2) is 0 Å². The Balaban J connectivity index is 1.38. The maximum atomic E-state index is 6.19. The summed E-state index contributed by atoms with van der Waals surface area (Å²) >= 11 is 0. The Morgan fingerprint density at radius 3 is 2.25 bits per heavy atom. The van der Waals surface area contributed by atoms with Gasteiger partial charge < -0.3 is 18.9 Å². The third-order valence-electron chi connectivity index (χ3n) is 4.69. The van der Waals surface area contributed by atoms with E-state index in [4.69, 9.17) is 18.9 Å². The molecule has 4 nitrogen and oxygen atoms in total. The van der Waals surface area contributed by atoms with Gasteiger partial charge in [0.1, 0.15) is 0 Å². The van der Waals surface area contributed by atoms with E-state index < -0.39 is 0 Å². The van der Waals surface area contributed by atoms with Gasteiger partial charge in [0.25, 0.3) is 0 Å². The first-order valence-electron chi connectivity index (χ1n) is 8.30. The van der Waals surface area contributed by atoms with Crippen molar-refractivity contribution >= 4 is 0 Å². The molecule has 3 aliphatic rings. The van der Waals surface area contributed by atoms with Gasteiger partial charge >= 0.3 is 0 Å². The Kier molecular flexibility index (Phi) is 5.32. The highest BCUT2D eigenvalue weighted by atomic mass is 16.6. The quantitative estimate of drug-likeness (QED) is 0.795. The predicted octanol–water partition coefficient (Wildman–Crippen LogP) is 2.69. The summed E-state index contributed by atoms with van der Waals surface area (Å²) in [5.41, 5.74) is 0. The van der Waals surface area contributed by atoms with Crippen molar-refractivity contribution in [1.82, 2.24) is 0 Å². The normalized spacial score (nSPS) is 42.8. The Bertz CT molecular complexity index is 290. The van der Waals surface area contributed by atoms with Crippen LogP contribution in [0.4, 0.5) is 0 Å². The van der Waals surface area contributed by atoms with Crippen molar-refractivity contribution in [3.63, 3.8) is 0 Å². The molecule has 5 atom stereocenters. The number of hydrogen-bond donors (Lipinski definition) is 0. The maximum absolute atomic E-state index is 6.19. The minimum atomic E-state index is 0.235. The highest BCUT2D eigenvalue weighted by molar-refractivity contribution is 4.80. The molecule has 20 heavy (non-hydrogen) atoms. The Hall–Kier alpha value is -0.160. The lowest BCUT2D eigenvalue weighted by Gasteiger charge is -2.30. The molecule has 3 fully saturated rings. The largest absolute Gasteiger partial charge is 0.376 e. The van der Waals surface area contributed by atoms with E-state index in [-0.39, 0.29) is 6.10 Å². The zero-order valence-electron chi connectivity index (χ0n) is 12.6. The van der Waals surface area contributed by atoms with Gasteiger partial charge in [-0.05, 0) is 45.4 Å². The van der Waals surface area contributed by atoms with Crippen molar-refractivity contribution in [2.45, 2.75) is 82.4 Å². The fourth-order valence-corrected chi connectivity index (χ4v) is 3.66. The summed E-state index contributed by atoms with van der Waals surface area (Å²) in [5, 5.41) is 0. The monoisotopic (exact) mass is 284 g/mol. The van der Waals surface area contributed by atoms with Crippen LogP contribution >= 0.6 is 0 Å². The fourth-order valence-electron chi connectivity index (χ4n) is 3.66. The zero-order chi connectivity index (χ0) is 13.8. The van der Waals surface area contributed by atoms with E-state index in [1.165, 1.54) is 25.7 Å². The van der Waals surface area contributed by atoms with Crippen LogP contribution in [0, 0.1) is 0 Å². The van der Waals surface area contributed by atoms with E-state index in [0.717, 1.165) is 39.1 Å². The predicted molar refractivity (Wildman–Crippen MR) is 75.9 cm³/mol. The summed E-state index contributed by atoms with van der Waals surface area (Å²) in [4.78, 5) is 0. The molecule has 3 unspecified atom stereocenters. The van der Waals surface area contributed by atoms with E-state index in [9.17, 15) is 0 Å². The maximum Gasteiger partial charge on any atom is 0.0834 e. The van der Waals surface area contributed by atoms with Crippen LogP contribution < -0.4 is 0 Å². The van der Waals surface area contributed by atoms with Crippen LogP contribution in [0.1, 0.15) is 51.9 Å². The van der Waals surface area contributed by atoms with Crippen molar-refractivity contribution in [3.05, 3.63) is 0 Å². The van der Waals surface area contributed by atoms with E-state index in [1.54, 1.807) is 0 Å². The Labute approximate surface area is 122 Å². The first-order valence-corrected chi connectivity index (χ1v) is 8.30. The molecule has 0 aromatic carbocycles. The molecule has 116 valence electrons. The summed E-state index contributed by atoms with van der Waals surface area (Å²) in [5.74, 6) is 0. The van der Waals surface area contributed by atoms with E-state index in [2.05, 4.69) is 6.92 Å². The van der Waals surface area contributed by atoms with Crippen molar-refractivity contribution < 1.29 is 18.9 Å². The molecule has 0 bridgehead atoms. The molecule has 3 saturated heterocycles. The molecule has 0 radical (unpaired) electrons. The van der Waals surface area contributed by atoms with Gasteiger partial charge in [0.05, 0.1) is 50.3 Å². The molecule has 0 aromatic heterocycles. The first-order chi connectivity index (χ1) is 9.79. The third-order valence-corrected chi connectivity index (χ3v) is 4.69. The molecule has 3 aliphatic heterocycles. The summed E-state index contributed by atoms with van der Waals surface area (Å²) in [6.45, 7) is 4.38. The summed E-state index contributed by atoms with van der Waals surface area (Å²) in [7, 11) is 0. The molecule has 0 amide bonds. The minimum Gasteiger partial charge on any atom is -0.376 e. The van der Waals surface area contributed by atoms with Gasteiger partial charge in [0.2, 0.25) is 0 Å². The lowest BCUT2D eigenvalue weighted by Crippen LogP contribution is -2.32. The van der Waals surface area contributed by atoms with Crippen LogP contribution in [0.2, 0.25) is 0 Å². The van der Waals surface area contributed by atoms with Gasteiger partial charge in [-0.25, -0.2) is 0 Å². The Morgan fingerprint density at radius 2 is 1.55 bits per heavy atom. The molecular formula is C16H28O4. The molecular weight excluding hydrogens is 256 g/mol. The first kappa shape index (κ1) is 14.8. The molecule has 3 heterocycles. The van der Waals surface area contributed by atoms with Crippen molar-refractivity contribution in [1.29, 1.82) is 0 Å². The average molecular weight is 284 g/mol. The summed E-state index contributed by atoms with van der Waals surface area (Å²) < 4.78 is 23.4. The second kappa shape index (κ2) is 7.21. The van der Waals surface area contributed by atoms with Gasteiger partial charge in [0, 0.05) is 6.42 Å².